The van der Waals surface area contributed by atoms with E-state index in [1.165, 1.54) is 18.4 Å². The molecule has 0 unspecified atom stereocenters. The van der Waals surface area contributed by atoms with Gasteiger partial charge in [-0.3, -0.25) is 0 Å². The maximum atomic E-state index is 5.88. The van der Waals surface area contributed by atoms with Crippen molar-refractivity contribution in [3.05, 3.63) is 29.8 Å². The highest BCUT2D eigenvalue weighted by Gasteiger charge is 2.48. The molecule has 0 aliphatic carbocycles. The summed E-state index contributed by atoms with van der Waals surface area (Å²) in [4.78, 5) is 0. The van der Waals surface area contributed by atoms with E-state index < -0.39 is 0 Å². The Hall–Kier alpha value is -1.04. The second-order valence-corrected chi connectivity index (χ2v) is 6.83. The second-order valence-electron chi connectivity index (χ2n) is 6.83. The van der Waals surface area contributed by atoms with Crippen LogP contribution in [0.2, 0.25) is 5.82 Å². The molecule has 1 saturated heterocycles. The summed E-state index contributed by atoms with van der Waals surface area (Å²) in [5.74, 6) is 1.28. The summed E-state index contributed by atoms with van der Waals surface area (Å²) < 4.78 is 17.4. The predicted molar refractivity (Wildman–Crippen MR) is 94.8 cm³/mol. The molecule has 2 N–H and O–H groups in total. The van der Waals surface area contributed by atoms with Crippen molar-refractivity contribution in [2.75, 3.05) is 19.9 Å². The van der Waals surface area contributed by atoms with Crippen LogP contribution >= 0.6 is 0 Å². The Morgan fingerprint density at radius 3 is 2.65 bits per heavy atom. The lowest BCUT2D eigenvalue weighted by molar-refractivity contribution is 0.0598. The summed E-state index contributed by atoms with van der Waals surface area (Å²) in [6, 6.07) is 8.39. The average molecular weight is 319 g/mol. The summed E-state index contributed by atoms with van der Waals surface area (Å²) in [7, 11) is 0. The molecule has 1 aromatic carbocycles. The van der Waals surface area contributed by atoms with Crippen molar-refractivity contribution in [3.8, 4) is 5.75 Å². The molecule has 0 spiro atoms. The fourth-order valence-electron chi connectivity index (χ4n) is 3.23. The third-order valence-corrected chi connectivity index (χ3v) is 4.50. The van der Waals surface area contributed by atoms with E-state index in [2.05, 4.69) is 45.0 Å². The standard InChI is InChI=1S/C18H30BNO3/c1-4-5-6-11-21-17-9-7-15(8-10-17)12-16-13-22-18(2,3)19(16)23-14-20/h7-10,16H,4-6,11-14,20H2,1-3H3/t16-/m0/s1. The lowest BCUT2D eigenvalue weighted by Crippen LogP contribution is -2.43. The van der Waals surface area contributed by atoms with Gasteiger partial charge >= 0.3 is 6.92 Å². The molecule has 23 heavy (non-hydrogen) atoms. The number of ether oxygens (including phenoxy) is 2. The van der Waals surface area contributed by atoms with E-state index in [0.717, 1.165) is 25.2 Å². The van der Waals surface area contributed by atoms with Crippen molar-refractivity contribution >= 4 is 6.92 Å². The second kappa shape index (κ2) is 8.72. The minimum absolute atomic E-state index is 0.0393. The van der Waals surface area contributed by atoms with E-state index in [1.807, 2.05) is 0 Å². The lowest BCUT2D eigenvalue weighted by Gasteiger charge is -2.24. The molecule has 1 aliphatic rings. The average Bonchev–Trinajstić information content (AvgIpc) is 2.81. The maximum Gasteiger partial charge on any atom is 0.332 e. The van der Waals surface area contributed by atoms with Crippen LogP contribution in [0.3, 0.4) is 0 Å². The fourth-order valence-corrected chi connectivity index (χ4v) is 3.23. The van der Waals surface area contributed by atoms with Crippen LogP contribution in [0.15, 0.2) is 24.3 Å². The summed E-state index contributed by atoms with van der Waals surface area (Å²) in [6.07, 6.45) is 4.49. The highest BCUT2D eigenvalue weighted by atomic mass is 16.5. The monoisotopic (exact) mass is 319 g/mol. The maximum absolute atomic E-state index is 5.88. The minimum atomic E-state index is -0.271. The molecule has 4 nitrogen and oxygen atoms in total. The molecule has 0 amide bonds. The molecule has 5 heteroatoms. The molecule has 1 aliphatic heterocycles. The van der Waals surface area contributed by atoms with Gasteiger partial charge in [0.25, 0.3) is 0 Å². The van der Waals surface area contributed by atoms with Gasteiger partial charge in [0.15, 0.2) is 0 Å². The predicted octanol–water partition coefficient (Wildman–Crippen LogP) is 3.44. The van der Waals surface area contributed by atoms with Gasteiger partial charge in [-0.1, -0.05) is 31.9 Å². The van der Waals surface area contributed by atoms with E-state index in [0.29, 0.717) is 12.4 Å². The summed E-state index contributed by atoms with van der Waals surface area (Å²) in [5, 5.41) is 0. The zero-order valence-corrected chi connectivity index (χ0v) is 14.7. The van der Waals surface area contributed by atoms with Crippen LogP contribution in [0.25, 0.3) is 0 Å². The smallest absolute Gasteiger partial charge is 0.332 e. The first-order valence-electron chi connectivity index (χ1n) is 8.74. The molecule has 0 aromatic heterocycles. The first-order valence-corrected chi connectivity index (χ1v) is 8.74. The highest BCUT2D eigenvalue weighted by Crippen LogP contribution is 2.35. The van der Waals surface area contributed by atoms with Crippen LogP contribution in [0.5, 0.6) is 5.75 Å². The van der Waals surface area contributed by atoms with Gasteiger partial charge in [-0.2, -0.15) is 0 Å². The molecule has 2 rings (SSSR count). The van der Waals surface area contributed by atoms with Crippen molar-refractivity contribution in [1.29, 1.82) is 0 Å². The van der Waals surface area contributed by atoms with Crippen LogP contribution in [0.4, 0.5) is 0 Å². The normalized spacial score (nSPS) is 20.0. The fraction of sp³-hybridized carbons (Fsp3) is 0.667. The van der Waals surface area contributed by atoms with Crippen molar-refractivity contribution in [1.82, 2.24) is 0 Å². The molecular weight excluding hydrogens is 289 g/mol. The van der Waals surface area contributed by atoms with Gasteiger partial charge in [-0.15, -0.1) is 0 Å². The molecule has 1 heterocycles. The van der Waals surface area contributed by atoms with Gasteiger partial charge in [0.2, 0.25) is 0 Å². The number of benzene rings is 1. The first-order chi connectivity index (χ1) is 11.1. The van der Waals surface area contributed by atoms with Gasteiger partial charge < -0.3 is 19.9 Å². The SMILES string of the molecule is CCCCCOc1ccc(C[C@H]2COC(C)(C)B2OCN)cc1. The Balaban J connectivity index is 1.87. The third kappa shape index (κ3) is 5.23. The van der Waals surface area contributed by atoms with Crippen LogP contribution in [-0.4, -0.2) is 32.4 Å². The largest absolute Gasteiger partial charge is 0.494 e. The molecular formula is C18H30BNO3. The van der Waals surface area contributed by atoms with Crippen molar-refractivity contribution < 1.29 is 14.1 Å². The Bertz CT molecular complexity index is 464. The Morgan fingerprint density at radius 1 is 1.26 bits per heavy atom. The number of unbranched alkanes of at least 4 members (excludes halogenated alkanes) is 2. The van der Waals surface area contributed by atoms with E-state index in [-0.39, 0.29) is 19.1 Å². The third-order valence-electron chi connectivity index (χ3n) is 4.50. The van der Waals surface area contributed by atoms with Crippen molar-refractivity contribution in [2.45, 2.75) is 57.8 Å². The van der Waals surface area contributed by atoms with Gasteiger partial charge in [-0.25, -0.2) is 0 Å². The highest BCUT2D eigenvalue weighted by molar-refractivity contribution is 6.57. The topological polar surface area (TPSA) is 53.7 Å². The van der Waals surface area contributed by atoms with Gasteiger partial charge in [0.1, 0.15) is 5.75 Å². The quantitative estimate of drug-likeness (QED) is 0.430. The van der Waals surface area contributed by atoms with E-state index >= 15 is 0 Å². The van der Waals surface area contributed by atoms with E-state index in [9.17, 15) is 0 Å². The van der Waals surface area contributed by atoms with Crippen LogP contribution in [0.1, 0.15) is 45.6 Å². The van der Waals surface area contributed by atoms with Gasteiger partial charge in [0.05, 0.1) is 18.8 Å². The number of nitrogens with two attached hydrogens (primary N) is 1. The zero-order valence-electron chi connectivity index (χ0n) is 14.7. The summed E-state index contributed by atoms with van der Waals surface area (Å²) in [6.45, 7) is 8.12. The van der Waals surface area contributed by atoms with E-state index in [1.54, 1.807) is 0 Å². The number of hydrogen-bond acceptors (Lipinski definition) is 4. The van der Waals surface area contributed by atoms with Crippen molar-refractivity contribution in [2.24, 2.45) is 5.73 Å². The van der Waals surface area contributed by atoms with Gasteiger partial charge in [0, 0.05) is 6.61 Å². The lowest BCUT2D eigenvalue weighted by atomic mass is 9.46. The molecule has 1 fully saturated rings. The summed E-state index contributed by atoms with van der Waals surface area (Å²) >= 11 is 0. The van der Waals surface area contributed by atoms with Gasteiger partial charge in [-0.05, 0) is 50.2 Å². The zero-order chi connectivity index (χ0) is 16.7. The molecule has 0 radical (unpaired) electrons. The first kappa shape index (κ1) is 18.3. The minimum Gasteiger partial charge on any atom is -0.494 e. The van der Waals surface area contributed by atoms with Crippen LogP contribution in [-0.2, 0) is 15.8 Å². The Kier molecular flexibility index (Phi) is 6.94. The number of rotatable bonds is 9. The number of hydrogen-bond donors (Lipinski definition) is 1. The molecule has 0 saturated carbocycles. The molecule has 1 atom stereocenters. The Labute approximate surface area is 140 Å². The van der Waals surface area contributed by atoms with Crippen LogP contribution < -0.4 is 10.5 Å². The van der Waals surface area contributed by atoms with Crippen LogP contribution in [0, 0.1) is 0 Å². The van der Waals surface area contributed by atoms with Crippen molar-refractivity contribution in [3.63, 3.8) is 0 Å². The molecule has 1 aromatic rings. The molecule has 128 valence electrons. The summed E-state index contributed by atoms with van der Waals surface area (Å²) in [5.41, 5.74) is 6.59. The molecule has 0 bridgehead atoms. The Morgan fingerprint density at radius 2 is 2.00 bits per heavy atom. The van der Waals surface area contributed by atoms with E-state index in [4.69, 9.17) is 19.9 Å².